The number of hydrogen-bond acceptors (Lipinski definition) is 5. The molecule has 0 aliphatic heterocycles. The molecule has 0 amide bonds. The Morgan fingerprint density at radius 1 is 1.59 bits per heavy atom. The number of ether oxygens (including phenoxy) is 1. The predicted molar refractivity (Wildman–Crippen MR) is 56.4 cm³/mol. The fraction of sp³-hybridized carbons (Fsp3) is 0.455. The molecule has 0 aliphatic carbocycles. The molecule has 0 radical (unpaired) electrons. The molecule has 0 fully saturated rings. The maximum atomic E-state index is 12.8. The van der Waals surface area contributed by atoms with Crippen molar-refractivity contribution >= 4 is 5.97 Å². The molecule has 94 valence electrons. The number of pyridine rings is 1. The summed E-state index contributed by atoms with van der Waals surface area (Å²) in [6.07, 6.45) is -1.86. The molecule has 1 rings (SSSR count). The van der Waals surface area contributed by atoms with Crippen molar-refractivity contribution in [3.8, 4) is 0 Å². The summed E-state index contributed by atoms with van der Waals surface area (Å²) < 4.78 is 17.4. The van der Waals surface area contributed by atoms with Gasteiger partial charge in [0.15, 0.2) is 0 Å². The second-order valence-corrected chi connectivity index (χ2v) is 3.43. The summed E-state index contributed by atoms with van der Waals surface area (Å²) in [6.45, 7) is 1.84. The predicted octanol–water partition coefficient (Wildman–Crippen LogP) is 0.568. The third kappa shape index (κ3) is 4.08. The lowest BCUT2D eigenvalue weighted by molar-refractivity contribution is -0.147. The molecule has 1 aromatic heterocycles. The molecule has 17 heavy (non-hydrogen) atoms. The van der Waals surface area contributed by atoms with Crippen LogP contribution in [0.15, 0.2) is 18.3 Å². The van der Waals surface area contributed by atoms with E-state index in [1.807, 2.05) is 0 Å². The van der Waals surface area contributed by atoms with E-state index >= 15 is 0 Å². The average molecular weight is 243 g/mol. The number of rotatable bonds is 5. The van der Waals surface area contributed by atoms with E-state index in [4.69, 9.17) is 0 Å². The van der Waals surface area contributed by atoms with E-state index in [9.17, 15) is 19.4 Å². The second kappa shape index (κ2) is 6.27. The van der Waals surface area contributed by atoms with Crippen LogP contribution in [0.4, 0.5) is 4.39 Å². The largest absolute Gasteiger partial charge is 0.466 e. The fourth-order valence-corrected chi connectivity index (χ4v) is 1.33. The highest BCUT2D eigenvalue weighted by Crippen LogP contribution is 2.19. The molecule has 2 unspecified atom stereocenters. The Kier molecular flexibility index (Phi) is 4.99. The smallest absolute Gasteiger partial charge is 0.308 e. The zero-order valence-corrected chi connectivity index (χ0v) is 9.34. The lowest BCUT2D eigenvalue weighted by atomic mass is 10.0. The van der Waals surface area contributed by atoms with Crippen molar-refractivity contribution in [3.05, 3.63) is 29.8 Å². The normalized spacial score (nSPS) is 14.1. The van der Waals surface area contributed by atoms with Crippen LogP contribution >= 0.6 is 0 Å². The summed E-state index contributed by atoms with van der Waals surface area (Å²) in [5.74, 6) is -1.38. The van der Waals surface area contributed by atoms with Crippen LogP contribution in [0.1, 0.15) is 25.0 Å². The lowest BCUT2D eigenvalue weighted by Gasteiger charge is -2.17. The highest BCUT2D eigenvalue weighted by Gasteiger charge is 2.22. The van der Waals surface area contributed by atoms with Crippen molar-refractivity contribution in [2.24, 2.45) is 0 Å². The molecular weight excluding hydrogens is 229 g/mol. The minimum atomic E-state index is -1.35. The van der Waals surface area contributed by atoms with Crippen molar-refractivity contribution in [2.45, 2.75) is 25.6 Å². The van der Waals surface area contributed by atoms with Crippen LogP contribution < -0.4 is 0 Å². The Morgan fingerprint density at radius 2 is 2.29 bits per heavy atom. The molecule has 0 bridgehead atoms. The third-order valence-electron chi connectivity index (χ3n) is 2.14. The van der Waals surface area contributed by atoms with E-state index in [0.29, 0.717) is 0 Å². The van der Waals surface area contributed by atoms with Crippen LogP contribution in [0.5, 0.6) is 0 Å². The van der Waals surface area contributed by atoms with E-state index in [2.05, 4.69) is 9.72 Å². The van der Waals surface area contributed by atoms with Crippen LogP contribution in [-0.2, 0) is 9.53 Å². The van der Waals surface area contributed by atoms with Gasteiger partial charge in [-0.25, -0.2) is 4.98 Å². The molecule has 0 spiro atoms. The van der Waals surface area contributed by atoms with Crippen LogP contribution in [-0.4, -0.2) is 33.9 Å². The molecule has 6 heteroatoms. The minimum absolute atomic E-state index is 0.161. The first-order valence-electron chi connectivity index (χ1n) is 5.17. The third-order valence-corrected chi connectivity index (χ3v) is 2.14. The van der Waals surface area contributed by atoms with E-state index in [1.54, 1.807) is 6.92 Å². The van der Waals surface area contributed by atoms with E-state index < -0.39 is 24.1 Å². The van der Waals surface area contributed by atoms with Crippen LogP contribution in [0.2, 0.25) is 0 Å². The van der Waals surface area contributed by atoms with Crippen molar-refractivity contribution < 1.29 is 24.1 Å². The first-order valence-corrected chi connectivity index (χ1v) is 5.17. The van der Waals surface area contributed by atoms with E-state index in [1.165, 1.54) is 12.3 Å². The second-order valence-electron chi connectivity index (χ2n) is 3.43. The van der Waals surface area contributed by atoms with Crippen LogP contribution in [0.3, 0.4) is 0 Å². The molecule has 2 atom stereocenters. The Bertz CT molecular complexity index is 385. The summed E-state index contributed by atoms with van der Waals surface area (Å²) in [6, 6.07) is 2.36. The topological polar surface area (TPSA) is 79.7 Å². The quantitative estimate of drug-likeness (QED) is 0.583. The molecule has 1 heterocycles. The Balaban J connectivity index is 2.63. The number of aromatic nitrogens is 1. The number of aliphatic hydroxyl groups excluding tert-OH is 2. The van der Waals surface area contributed by atoms with Gasteiger partial charge in [-0.1, -0.05) is 0 Å². The molecule has 0 saturated heterocycles. The number of aliphatic hydroxyl groups is 2. The Hall–Kier alpha value is -1.53. The minimum Gasteiger partial charge on any atom is -0.466 e. The number of halogens is 1. The molecule has 5 nitrogen and oxygen atoms in total. The number of carbonyl (C=O) groups excluding carboxylic acids is 1. The SMILES string of the molecule is CCOC(=O)CC(O)C(O)c1ccnc(F)c1. The maximum absolute atomic E-state index is 12.8. The number of nitrogens with zero attached hydrogens (tertiary/aromatic N) is 1. The standard InChI is InChI=1S/C11H14FNO4/c1-2-17-10(15)6-8(14)11(16)7-3-4-13-9(12)5-7/h3-5,8,11,14,16H,2,6H2,1H3. The molecule has 2 N–H and O–H groups in total. The van der Waals surface area contributed by atoms with Gasteiger partial charge in [0.1, 0.15) is 6.10 Å². The lowest BCUT2D eigenvalue weighted by Crippen LogP contribution is -2.23. The summed E-state index contributed by atoms with van der Waals surface area (Å²) in [7, 11) is 0. The number of carbonyl (C=O) groups is 1. The molecule has 0 aliphatic rings. The summed E-state index contributed by atoms with van der Waals surface area (Å²) in [5, 5.41) is 19.2. The highest BCUT2D eigenvalue weighted by molar-refractivity contribution is 5.70. The number of esters is 1. The molecule has 1 aromatic rings. The van der Waals surface area contributed by atoms with E-state index in [-0.39, 0.29) is 18.6 Å². The van der Waals surface area contributed by atoms with Gasteiger partial charge < -0.3 is 14.9 Å². The van der Waals surface area contributed by atoms with Crippen molar-refractivity contribution in [1.82, 2.24) is 4.98 Å². The van der Waals surface area contributed by atoms with Crippen molar-refractivity contribution in [2.75, 3.05) is 6.61 Å². The van der Waals surface area contributed by atoms with Crippen LogP contribution in [0.25, 0.3) is 0 Å². The Morgan fingerprint density at radius 3 is 2.88 bits per heavy atom. The van der Waals surface area contributed by atoms with Gasteiger partial charge in [0.05, 0.1) is 19.1 Å². The van der Waals surface area contributed by atoms with Gasteiger partial charge in [-0.3, -0.25) is 4.79 Å². The van der Waals surface area contributed by atoms with Gasteiger partial charge >= 0.3 is 5.97 Å². The zero-order valence-electron chi connectivity index (χ0n) is 9.34. The Labute approximate surface area is 97.9 Å². The van der Waals surface area contributed by atoms with Gasteiger partial charge in [-0.2, -0.15) is 4.39 Å². The fourth-order valence-electron chi connectivity index (χ4n) is 1.33. The van der Waals surface area contributed by atoms with Crippen molar-refractivity contribution in [3.63, 3.8) is 0 Å². The zero-order chi connectivity index (χ0) is 12.8. The first-order chi connectivity index (χ1) is 8.04. The highest BCUT2D eigenvalue weighted by atomic mass is 19.1. The van der Waals surface area contributed by atoms with Gasteiger partial charge in [0, 0.05) is 6.20 Å². The maximum Gasteiger partial charge on any atom is 0.308 e. The summed E-state index contributed by atoms with van der Waals surface area (Å²) in [5.41, 5.74) is 0.161. The van der Waals surface area contributed by atoms with Crippen LogP contribution in [0, 0.1) is 5.95 Å². The van der Waals surface area contributed by atoms with Gasteiger partial charge in [-0.05, 0) is 24.6 Å². The van der Waals surface area contributed by atoms with Gasteiger partial charge in [-0.15, -0.1) is 0 Å². The molecule has 0 saturated carbocycles. The monoisotopic (exact) mass is 243 g/mol. The molecule has 0 aromatic carbocycles. The first kappa shape index (κ1) is 13.5. The van der Waals surface area contributed by atoms with E-state index in [0.717, 1.165) is 6.07 Å². The summed E-state index contributed by atoms with van der Waals surface area (Å²) >= 11 is 0. The number of hydrogen-bond donors (Lipinski definition) is 2. The van der Waals surface area contributed by atoms with Crippen molar-refractivity contribution in [1.29, 1.82) is 0 Å². The average Bonchev–Trinajstić information content (AvgIpc) is 2.28. The van der Waals surface area contributed by atoms with Gasteiger partial charge in [0.2, 0.25) is 5.95 Å². The molecular formula is C11H14FNO4. The van der Waals surface area contributed by atoms with Gasteiger partial charge in [0.25, 0.3) is 0 Å². The summed E-state index contributed by atoms with van der Waals surface area (Å²) in [4.78, 5) is 14.4.